The van der Waals surface area contributed by atoms with Crippen LogP contribution in [0.25, 0.3) is 0 Å². The Balaban J connectivity index is 2.33. The van der Waals surface area contributed by atoms with Gasteiger partial charge in [-0.2, -0.15) is 0 Å². The van der Waals surface area contributed by atoms with Crippen molar-refractivity contribution in [1.29, 1.82) is 0 Å². The predicted octanol–water partition coefficient (Wildman–Crippen LogP) is 2.41. The van der Waals surface area contributed by atoms with Gasteiger partial charge in [-0.1, -0.05) is 0 Å². The molecular weight excluding hydrogens is 188 g/mol. The molecule has 2 rings (SSSR count). The van der Waals surface area contributed by atoms with Crippen LogP contribution in [0.15, 0.2) is 12.1 Å². The smallest absolute Gasteiger partial charge is 0.124 e. The van der Waals surface area contributed by atoms with E-state index in [1.54, 1.807) is 0 Å². The highest BCUT2D eigenvalue weighted by Gasteiger charge is 2.17. The van der Waals surface area contributed by atoms with Gasteiger partial charge in [-0.3, -0.25) is 0 Å². The molecule has 0 atom stereocenters. The zero-order valence-electron chi connectivity index (χ0n) is 9.55. The fraction of sp³-hybridized carbons (Fsp3) is 0.500. The van der Waals surface area contributed by atoms with E-state index in [0.29, 0.717) is 0 Å². The molecule has 0 radical (unpaired) electrons. The summed E-state index contributed by atoms with van der Waals surface area (Å²) in [5.41, 5.74) is 8.97. The van der Waals surface area contributed by atoms with E-state index in [9.17, 15) is 0 Å². The van der Waals surface area contributed by atoms with Gasteiger partial charge in [-0.15, -0.1) is 0 Å². The predicted molar refractivity (Wildman–Crippen MR) is 63.4 cm³/mol. The van der Waals surface area contributed by atoms with Gasteiger partial charge in [-0.05, 0) is 32.4 Å². The molecule has 1 heterocycles. The Morgan fingerprint density at radius 3 is 2.73 bits per heavy atom. The van der Waals surface area contributed by atoms with Crippen molar-refractivity contribution in [1.82, 2.24) is 0 Å². The minimum atomic E-state index is 0.0148. The molecule has 3 N–H and O–H groups in total. The van der Waals surface area contributed by atoms with Crippen molar-refractivity contribution in [3.8, 4) is 5.75 Å². The lowest BCUT2D eigenvalue weighted by Gasteiger charge is -2.23. The Morgan fingerprint density at radius 2 is 2.07 bits per heavy atom. The highest BCUT2D eigenvalue weighted by atomic mass is 16.5. The number of benzene rings is 1. The van der Waals surface area contributed by atoms with Crippen LogP contribution in [-0.4, -0.2) is 12.1 Å². The Hall–Kier alpha value is -1.38. The van der Waals surface area contributed by atoms with Gasteiger partial charge in [0, 0.05) is 18.0 Å². The van der Waals surface area contributed by atoms with E-state index in [4.69, 9.17) is 10.5 Å². The molecule has 3 heteroatoms. The van der Waals surface area contributed by atoms with Gasteiger partial charge in [0.05, 0.1) is 18.0 Å². The highest BCUT2D eigenvalue weighted by molar-refractivity contribution is 5.71. The molecule has 0 spiro atoms. The Morgan fingerprint density at radius 1 is 1.33 bits per heavy atom. The second-order valence-electron chi connectivity index (χ2n) is 5.02. The monoisotopic (exact) mass is 206 g/mol. The van der Waals surface area contributed by atoms with E-state index < -0.39 is 0 Å². The van der Waals surface area contributed by atoms with E-state index >= 15 is 0 Å². The molecule has 82 valence electrons. The van der Waals surface area contributed by atoms with Crippen LogP contribution < -0.4 is 15.8 Å². The third-order valence-electron chi connectivity index (χ3n) is 2.37. The molecular formula is C12H18N2O. The lowest BCUT2D eigenvalue weighted by molar-refractivity contribution is 0.357. The van der Waals surface area contributed by atoms with E-state index in [2.05, 4.69) is 26.1 Å². The molecule has 0 aliphatic carbocycles. The number of nitrogen functional groups attached to an aromatic ring is 1. The molecule has 0 fully saturated rings. The summed E-state index contributed by atoms with van der Waals surface area (Å²) in [6.07, 6.45) is 0.968. The summed E-state index contributed by atoms with van der Waals surface area (Å²) in [4.78, 5) is 0. The first-order valence-electron chi connectivity index (χ1n) is 5.29. The third kappa shape index (κ3) is 2.17. The van der Waals surface area contributed by atoms with E-state index in [1.807, 2.05) is 12.1 Å². The molecule has 0 saturated heterocycles. The standard InChI is InChI=1S/C12H18N2O/c1-12(2,3)14-10-7-11-8(4-5-15-11)6-9(10)13/h6-7,14H,4-5,13H2,1-3H3. The van der Waals surface area contributed by atoms with Gasteiger partial charge in [-0.25, -0.2) is 0 Å². The number of anilines is 2. The topological polar surface area (TPSA) is 47.3 Å². The van der Waals surface area contributed by atoms with E-state index in [1.165, 1.54) is 5.56 Å². The number of nitrogens with one attached hydrogen (secondary N) is 1. The fourth-order valence-corrected chi connectivity index (χ4v) is 1.76. The minimum Gasteiger partial charge on any atom is -0.493 e. The second kappa shape index (κ2) is 3.33. The van der Waals surface area contributed by atoms with E-state index in [-0.39, 0.29) is 5.54 Å². The number of ether oxygens (including phenoxy) is 1. The first kappa shape index (κ1) is 10.1. The van der Waals surface area contributed by atoms with Gasteiger partial charge in [0.25, 0.3) is 0 Å². The number of hydrogen-bond acceptors (Lipinski definition) is 3. The summed E-state index contributed by atoms with van der Waals surface area (Å²) in [5.74, 6) is 0.968. The Labute approximate surface area is 90.6 Å². The maximum absolute atomic E-state index is 5.98. The Bertz CT molecular complexity index is 380. The first-order chi connectivity index (χ1) is 6.96. The summed E-state index contributed by atoms with van der Waals surface area (Å²) >= 11 is 0. The Kier molecular flexibility index (Phi) is 2.25. The molecule has 0 saturated carbocycles. The number of nitrogens with two attached hydrogens (primary N) is 1. The average molecular weight is 206 g/mol. The molecule has 15 heavy (non-hydrogen) atoms. The molecule has 1 aliphatic rings. The molecule has 3 nitrogen and oxygen atoms in total. The second-order valence-corrected chi connectivity index (χ2v) is 5.02. The lowest BCUT2D eigenvalue weighted by atomic mass is 10.1. The summed E-state index contributed by atoms with van der Waals surface area (Å²) in [7, 11) is 0. The van der Waals surface area contributed by atoms with Crippen LogP contribution in [-0.2, 0) is 6.42 Å². The van der Waals surface area contributed by atoms with E-state index in [0.717, 1.165) is 30.2 Å². The largest absolute Gasteiger partial charge is 0.493 e. The van der Waals surface area contributed by atoms with Crippen LogP contribution in [0.3, 0.4) is 0 Å². The van der Waals surface area contributed by atoms with Crippen LogP contribution in [0.1, 0.15) is 26.3 Å². The van der Waals surface area contributed by atoms with Crippen molar-refractivity contribution in [3.63, 3.8) is 0 Å². The summed E-state index contributed by atoms with van der Waals surface area (Å²) in [6, 6.07) is 4.01. The molecule has 0 amide bonds. The molecule has 0 aromatic heterocycles. The molecule has 1 aliphatic heterocycles. The van der Waals surface area contributed by atoms with Gasteiger partial charge >= 0.3 is 0 Å². The number of rotatable bonds is 1. The van der Waals surface area contributed by atoms with Crippen molar-refractivity contribution in [2.24, 2.45) is 0 Å². The van der Waals surface area contributed by atoms with Crippen molar-refractivity contribution in [2.45, 2.75) is 32.7 Å². The molecule has 0 unspecified atom stereocenters. The zero-order chi connectivity index (χ0) is 11.1. The maximum atomic E-state index is 5.98. The lowest BCUT2D eigenvalue weighted by Crippen LogP contribution is -2.26. The summed E-state index contributed by atoms with van der Waals surface area (Å²) in [6.45, 7) is 7.11. The first-order valence-corrected chi connectivity index (χ1v) is 5.29. The fourth-order valence-electron chi connectivity index (χ4n) is 1.76. The minimum absolute atomic E-state index is 0.0148. The van der Waals surface area contributed by atoms with Crippen LogP contribution in [0.2, 0.25) is 0 Å². The van der Waals surface area contributed by atoms with Crippen molar-refractivity contribution >= 4 is 11.4 Å². The van der Waals surface area contributed by atoms with Crippen LogP contribution >= 0.6 is 0 Å². The van der Waals surface area contributed by atoms with Crippen LogP contribution in [0.4, 0.5) is 11.4 Å². The zero-order valence-corrected chi connectivity index (χ0v) is 9.55. The number of fused-ring (bicyclic) bond motifs is 1. The quantitative estimate of drug-likeness (QED) is 0.694. The normalized spacial score (nSPS) is 14.6. The maximum Gasteiger partial charge on any atom is 0.124 e. The molecule has 0 bridgehead atoms. The van der Waals surface area contributed by atoms with Gasteiger partial charge in [0.1, 0.15) is 5.75 Å². The number of hydrogen-bond donors (Lipinski definition) is 2. The van der Waals surface area contributed by atoms with Crippen molar-refractivity contribution in [2.75, 3.05) is 17.7 Å². The van der Waals surface area contributed by atoms with Gasteiger partial charge in [0.15, 0.2) is 0 Å². The third-order valence-corrected chi connectivity index (χ3v) is 2.37. The average Bonchev–Trinajstić information content (AvgIpc) is 2.49. The highest BCUT2D eigenvalue weighted by Crippen LogP contribution is 2.34. The summed E-state index contributed by atoms with van der Waals surface area (Å²) < 4.78 is 5.51. The van der Waals surface area contributed by atoms with Gasteiger partial charge < -0.3 is 15.8 Å². The molecule has 1 aromatic carbocycles. The molecule has 1 aromatic rings. The SMILES string of the molecule is CC(C)(C)Nc1cc2c(cc1N)CCO2. The van der Waals surface area contributed by atoms with Crippen molar-refractivity contribution in [3.05, 3.63) is 17.7 Å². The summed E-state index contributed by atoms with van der Waals surface area (Å²) in [5, 5.41) is 3.37. The van der Waals surface area contributed by atoms with Gasteiger partial charge in [0.2, 0.25) is 0 Å². The van der Waals surface area contributed by atoms with Crippen molar-refractivity contribution < 1.29 is 4.74 Å². The van der Waals surface area contributed by atoms with Crippen LogP contribution in [0, 0.1) is 0 Å². The van der Waals surface area contributed by atoms with Crippen LogP contribution in [0.5, 0.6) is 5.75 Å².